The number of fused-ring (bicyclic) bond motifs is 1. The first-order valence-electron chi connectivity index (χ1n) is 8.01. The van der Waals surface area contributed by atoms with Crippen LogP contribution in [-0.4, -0.2) is 47.2 Å². The third-order valence-corrected chi connectivity index (χ3v) is 5.48. The van der Waals surface area contributed by atoms with E-state index in [9.17, 15) is 14.7 Å². The molecule has 3 aliphatic heterocycles. The normalized spacial score (nSPS) is 34.5. The van der Waals surface area contributed by atoms with Crippen LogP contribution in [0.15, 0.2) is 36.4 Å². The molecule has 2 saturated heterocycles. The molecule has 0 aliphatic carbocycles. The Morgan fingerprint density at radius 3 is 2.75 bits per heavy atom. The first kappa shape index (κ1) is 15.2. The Kier molecular flexibility index (Phi) is 3.22. The van der Waals surface area contributed by atoms with Crippen LogP contribution in [0.2, 0.25) is 0 Å². The second kappa shape index (κ2) is 5.08. The van der Waals surface area contributed by atoms with Crippen molar-refractivity contribution in [2.75, 3.05) is 13.7 Å². The maximum Gasteiger partial charge on any atom is 0.310 e. The summed E-state index contributed by atoms with van der Waals surface area (Å²) >= 11 is 0. The molecule has 6 heteroatoms. The van der Waals surface area contributed by atoms with Crippen molar-refractivity contribution in [3.63, 3.8) is 0 Å². The summed E-state index contributed by atoms with van der Waals surface area (Å²) in [6.07, 6.45) is 3.17. The van der Waals surface area contributed by atoms with Crippen molar-refractivity contribution >= 4 is 11.9 Å². The molecule has 0 saturated carbocycles. The van der Waals surface area contributed by atoms with Gasteiger partial charge < -0.3 is 19.5 Å². The lowest BCUT2D eigenvalue weighted by atomic mass is 9.77. The van der Waals surface area contributed by atoms with Crippen molar-refractivity contribution in [1.82, 2.24) is 4.90 Å². The Balaban J connectivity index is 1.63. The average molecular weight is 329 g/mol. The van der Waals surface area contributed by atoms with E-state index in [2.05, 4.69) is 0 Å². The quantitative estimate of drug-likeness (QED) is 0.850. The summed E-state index contributed by atoms with van der Waals surface area (Å²) < 4.78 is 11.1. The van der Waals surface area contributed by atoms with Gasteiger partial charge in [0, 0.05) is 0 Å². The largest absolute Gasteiger partial charge is 0.497 e. The standard InChI is InChI=1S/C18H19NO5/c1-10(11-3-5-12(23-2)6-4-11)19-9-18-8-7-13(24-18)14(17(21)22)15(18)16(19)20/h3-8,10,13-15H,9H2,1-2H3,(H,21,22)/t10-,13-,14+,15-,18+/m1/s1. The number of carboxylic acid groups (broad SMARTS) is 1. The summed E-state index contributed by atoms with van der Waals surface area (Å²) in [5, 5.41) is 9.50. The van der Waals surface area contributed by atoms with Gasteiger partial charge in [-0.3, -0.25) is 9.59 Å². The highest BCUT2D eigenvalue weighted by Gasteiger charge is 2.67. The molecule has 1 amide bonds. The van der Waals surface area contributed by atoms with Gasteiger partial charge in [0.2, 0.25) is 5.91 Å². The summed E-state index contributed by atoms with van der Waals surface area (Å²) in [5.41, 5.74) is 0.192. The number of ether oxygens (including phenoxy) is 2. The molecule has 6 nitrogen and oxygen atoms in total. The Labute approximate surface area is 139 Å². The first-order chi connectivity index (χ1) is 11.5. The summed E-state index contributed by atoms with van der Waals surface area (Å²) in [6, 6.07) is 7.39. The van der Waals surface area contributed by atoms with Crippen LogP contribution in [0.1, 0.15) is 18.5 Å². The monoisotopic (exact) mass is 329 g/mol. The Morgan fingerprint density at radius 1 is 1.42 bits per heavy atom. The molecule has 0 aromatic heterocycles. The lowest BCUT2D eigenvalue weighted by molar-refractivity contribution is -0.148. The van der Waals surface area contributed by atoms with E-state index in [-0.39, 0.29) is 11.9 Å². The van der Waals surface area contributed by atoms with Crippen LogP contribution in [0.5, 0.6) is 5.75 Å². The van der Waals surface area contributed by atoms with E-state index in [0.717, 1.165) is 11.3 Å². The van der Waals surface area contributed by atoms with Gasteiger partial charge in [-0.2, -0.15) is 0 Å². The minimum atomic E-state index is -0.969. The molecule has 1 aromatic carbocycles. The molecule has 2 bridgehead atoms. The third-order valence-electron chi connectivity index (χ3n) is 5.48. The maximum absolute atomic E-state index is 12.9. The van der Waals surface area contributed by atoms with E-state index in [4.69, 9.17) is 9.47 Å². The maximum atomic E-state index is 12.9. The smallest absolute Gasteiger partial charge is 0.310 e. The van der Waals surface area contributed by atoms with Crippen LogP contribution in [0.25, 0.3) is 0 Å². The van der Waals surface area contributed by atoms with Gasteiger partial charge in [0.25, 0.3) is 0 Å². The number of nitrogens with zero attached hydrogens (tertiary/aromatic N) is 1. The van der Waals surface area contributed by atoms with Gasteiger partial charge in [0.15, 0.2) is 0 Å². The van der Waals surface area contributed by atoms with Crippen molar-refractivity contribution in [3.8, 4) is 5.75 Å². The minimum absolute atomic E-state index is 0.141. The van der Waals surface area contributed by atoms with E-state index in [1.807, 2.05) is 37.3 Å². The van der Waals surface area contributed by atoms with Gasteiger partial charge in [-0.25, -0.2) is 0 Å². The fraction of sp³-hybridized carbons (Fsp3) is 0.444. The zero-order valence-electron chi connectivity index (χ0n) is 13.5. The molecule has 1 aromatic rings. The average Bonchev–Trinajstić information content (AvgIpc) is 3.22. The van der Waals surface area contributed by atoms with Gasteiger partial charge >= 0.3 is 5.97 Å². The lowest BCUT2D eigenvalue weighted by Crippen LogP contribution is -2.39. The molecule has 126 valence electrons. The van der Waals surface area contributed by atoms with Crippen molar-refractivity contribution in [2.45, 2.75) is 24.7 Å². The van der Waals surface area contributed by atoms with Crippen molar-refractivity contribution in [1.29, 1.82) is 0 Å². The van der Waals surface area contributed by atoms with Gasteiger partial charge in [0.05, 0.1) is 31.7 Å². The van der Waals surface area contributed by atoms with E-state index >= 15 is 0 Å². The molecule has 5 atom stereocenters. The number of methoxy groups -OCH3 is 1. The zero-order valence-corrected chi connectivity index (χ0v) is 13.5. The van der Waals surface area contributed by atoms with E-state index in [0.29, 0.717) is 6.54 Å². The highest BCUT2D eigenvalue weighted by atomic mass is 16.5. The Bertz CT molecular complexity index is 727. The molecular weight excluding hydrogens is 310 g/mol. The topological polar surface area (TPSA) is 76.1 Å². The number of likely N-dealkylation sites (tertiary alicyclic amines) is 1. The van der Waals surface area contributed by atoms with Crippen LogP contribution in [0.3, 0.4) is 0 Å². The van der Waals surface area contributed by atoms with Crippen molar-refractivity contribution in [2.24, 2.45) is 11.8 Å². The summed E-state index contributed by atoms with van der Waals surface area (Å²) in [6.45, 7) is 2.34. The fourth-order valence-corrected chi connectivity index (χ4v) is 4.20. The number of aliphatic carboxylic acids is 1. The molecular formula is C18H19NO5. The van der Waals surface area contributed by atoms with Crippen LogP contribution in [0.4, 0.5) is 0 Å². The van der Waals surface area contributed by atoms with Crippen LogP contribution in [0, 0.1) is 11.8 Å². The Morgan fingerprint density at radius 2 is 2.12 bits per heavy atom. The zero-order chi connectivity index (χ0) is 17.1. The third kappa shape index (κ3) is 1.92. The number of amides is 1. The van der Waals surface area contributed by atoms with Gasteiger partial charge in [-0.05, 0) is 24.6 Å². The summed E-state index contributed by atoms with van der Waals surface area (Å²) in [7, 11) is 1.61. The number of carbonyl (C=O) groups excluding carboxylic acids is 1. The van der Waals surface area contributed by atoms with E-state index < -0.39 is 29.5 Å². The predicted molar refractivity (Wildman–Crippen MR) is 84.5 cm³/mol. The summed E-state index contributed by atoms with van der Waals surface area (Å²) in [5.74, 6) is -1.78. The molecule has 0 radical (unpaired) electrons. The SMILES string of the molecule is COc1ccc([C@@H](C)N2C[C@]34C=C[C@@H](O3)[C@H](C(=O)O)[C@@H]4C2=O)cc1. The fourth-order valence-electron chi connectivity index (χ4n) is 4.20. The first-order valence-corrected chi connectivity index (χ1v) is 8.01. The highest BCUT2D eigenvalue weighted by Crippen LogP contribution is 2.53. The second-order valence-electron chi connectivity index (χ2n) is 6.65. The molecule has 1 spiro atoms. The van der Waals surface area contributed by atoms with Crippen LogP contribution >= 0.6 is 0 Å². The van der Waals surface area contributed by atoms with Gasteiger partial charge in [-0.15, -0.1) is 0 Å². The van der Waals surface area contributed by atoms with E-state index in [1.165, 1.54) is 0 Å². The number of carboxylic acids is 1. The molecule has 3 aliphatic rings. The molecule has 2 fully saturated rings. The number of rotatable bonds is 4. The number of hydrogen-bond donors (Lipinski definition) is 1. The number of benzene rings is 1. The van der Waals surface area contributed by atoms with Crippen LogP contribution < -0.4 is 4.74 Å². The number of carbonyl (C=O) groups is 2. The molecule has 24 heavy (non-hydrogen) atoms. The van der Waals surface area contributed by atoms with Gasteiger partial charge in [-0.1, -0.05) is 24.3 Å². The summed E-state index contributed by atoms with van der Waals surface area (Å²) in [4.78, 5) is 26.3. The molecule has 3 heterocycles. The van der Waals surface area contributed by atoms with Gasteiger partial charge in [0.1, 0.15) is 17.3 Å². The molecule has 0 unspecified atom stereocenters. The second-order valence-corrected chi connectivity index (χ2v) is 6.65. The van der Waals surface area contributed by atoms with Crippen molar-refractivity contribution < 1.29 is 24.2 Å². The predicted octanol–water partition coefficient (Wildman–Crippen LogP) is 1.62. The van der Waals surface area contributed by atoms with Crippen LogP contribution in [-0.2, 0) is 14.3 Å². The molecule has 4 rings (SSSR count). The highest BCUT2D eigenvalue weighted by molar-refractivity contribution is 5.91. The Hall–Kier alpha value is -2.34. The molecule has 1 N–H and O–H groups in total. The minimum Gasteiger partial charge on any atom is -0.497 e. The number of hydrogen-bond acceptors (Lipinski definition) is 4. The van der Waals surface area contributed by atoms with Crippen molar-refractivity contribution in [3.05, 3.63) is 42.0 Å². The van der Waals surface area contributed by atoms with E-state index in [1.54, 1.807) is 18.1 Å². The lowest BCUT2D eigenvalue weighted by Gasteiger charge is -2.27.